The molecule has 176 valence electrons. The number of fused-ring (bicyclic) bond motifs is 1. The number of likely N-dealkylation sites (N-methyl/N-ethyl adjacent to an activating group) is 1. The zero-order valence-electron chi connectivity index (χ0n) is 19.6. The van der Waals surface area contributed by atoms with E-state index in [9.17, 15) is 14.0 Å². The Morgan fingerprint density at radius 2 is 1.91 bits per heavy atom. The summed E-state index contributed by atoms with van der Waals surface area (Å²) in [5.74, 6) is -0.719. The zero-order chi connectivity index (χ0) is 24.4. The number of hydrogen-bond donors (Lipinski definition) is 2. The highest BCUT2D eigenvalue weighted by Crippen LogP contribution is 2.27. The molecule has 0 spiro atoms. The molecule has 8 nitrogen and oxygen atoms in total. The maximum atomic E-state index is 13.3. The van der Waals surface area contributed by atoms with E-state index in [2.05, 4.69) is 20.5 Å². The topological polar surface area (TPSA) is 95.9 Å². The Kier molecular flexibility index (Phi) is 6.45. The van der Waals surface area contributed by atoms with Gasteiger partial charge in [0.2, 0.25) is 5.91 Å². The Balaban J connectivity index is 1.62. The standard InChI is InChI=1S/C25H27FN6O2/c1-15-21(16(2)30-29-15)9-10-31(4)25(34)19-11-22-24(23(12-19)28-17(3)33)32(14-27-22)13-18-5-7-20(26)8-6-18/h5-8,11-12,14H,9-10,13H2,1-4H3,(H,28,33)(H,29,30). The van der Waals surface area contributed by atoms with Crippen LogP contribution in [0.15, 0.2) is 42.7 Å². The Bertz CT molecular complexity index is 1340. The number of amides is 2. The number of benzene rings is 2. The van der Waals surface area contributed by atoms with Gasteiger partial charge in [0, 0.05) is 38.3 Å². The highest BCUT2D eigenvalue weighted by atomic mass is 19.1. The van der Waals surface area contributed by atoms with Crippen molar-refractivity contribution in [1.29, 1.82) is 0 Å². The van der Waals surface area contributed by atoms with Crippen LogP contribution < -0.4 is 5.32 Å². The van der Waals surface area contributed by atoms with Gasteiger partial charge in [0.05, 0.1) is 28.7 Å². The van der Waals surface area contributed by atoms with Gasteiger partial charge in [-0.2, -0.15) is 5.10 Å². The van der Waals surface area contributed by atoms with Crippen molar-refractivity contribution in [1.82, 2.24) is 24.6 Å². The zero-order valence-corrected chi connectivity index (χ0v) is 19.6. The molecule has 9 heteroatoms. The monoisotopic (exact) mass is 462 g/mol. The van der Waals surface area contributed by atoms with Crippen molar-refractivity contribution < 1.29 is 14.0 Å². The molecule has 0 fully saturated rings. The molecule has 0 aliphatic heterocycles. The number of carbonyl (C=O) groups excluding carboxylic acids is 2. The second-order valence-corrected chi connectivity index (χ2v) is 8.46. The predicted molar refractivity (Wildman–Crippen MR) is 128 cm³/mol. The predicted octanol–water partition coefficient (Wildman–Crippen LogP) is 3.84. The van der Waals surface area contributed by atoms with Gasteiger partial charge in [-0.05, 0) is 55.7 Å². The Morgan fingerprint density at radius 1 is 1.18 bits per heavy atom. The molecule has 2 heterocycles. The van der Waals surface area contributed by atoms with Crippen LogP contribution in [0.25, 0.3) is 11.0 Å². The second kappa shape index (κ2) is 9.46. The molecule has 0 unspecified atom stereocenters. The molecule has 2 N–H and O–H groups in total. The summed E-state index contributed by atoms with van der Waals surface area (Å²) in [5.41, 5.74) is 6.15. The fourth-order valence-corrected chi connectivity index (χ4v) is 4.07. The summed E-state index contributed by atoms with van der Waals surface area (Å²) in [7, 11) is 1.75. The van der Waals surface area contributed by atoms with Crippen LogP contribution in [-0.4, -0.2) is 50.1 Å². The molecular weight excluding hydrogens is 435 g/mol. The number of aromatic amines is 1. The largest absolute Gasteiger partial charge is 0.341 e. The SMILES string of the molecule is CC(=O)Nc1cc(C(=O)N(C)CCc2c(C)n[nH]c2C)cc2ncn(Cc3ccc(F)cc3)c12. The Labute approximate surface area is 196 Å². The van der Waals surface area contributed by atoms with Crippen molar-refractivity contribution in [2.45, 2.75) is 33.7 Å². The lowest BCUT2D eigenvalue weighted by Gasteiger charge is -2.18. The number of carbonyl (C=O) groups is 2. The number of aryl methyl sites for hydroxylation is 2. The lowest BCUT2D eigenvalue weighted by molar-refractivity contribution is -0.114. The molecule has 4 aromatic rings. The number of halogens is 1. The van der Waals surface area contributed by atoms with Gasteiger partial charge in [0.1, 0.15) is 5.82 Å². The van der Waals surface area contributed by atoms with Crippen molar-refractivity contribution in [2.24, 2.45) is 0 Å². The van der Waals surface area contributed by atoms with Gasteiger partial charge in [0.25, 0.3) is 5.91 Å². The molecule has 0 bridgehead atoms. The summed E-state index contributed by atoms with van der Waals surface area (Å²) in [4.78, 5) is 31.2. The lowest BCUT2D eigenvalue weighted by Crippen LogP contribution is -2.29. The fraction of sp³-hybridized carbons (Fsp3) is 0.280. The molecule has 4 rings (SSSR count). The number of hydrogen-bond acceptors (Lipinski definition) is 4. The summed E-state index contributed by atoms with van der Waals surface area (Å²) < 4.78 is 15.1. The van der Waals surface area contributed by atoms with Crippen molar-refractivity contribution in [3.63, 3.8) is 0 Å². The molecule has 2 amide bonds. The van der Waals surface area contributed by atoms with Crippen molar-refractivity contribution >= 4 is 28.5 Å². The quantitative estimate of drug-likeness (QED) is 0.436. The third-order valence-electron chi connectivity index (χ3n) is 5.86. The van der Waals surface area contributed by atoms with Gasteiger partial charge in [-0.15, -0.1) is 0 Å². The van der Waals surface area contributed by atoms with Gasteiger partial charge < -0.3 is 14.8 Å². The molecule has 0 saturated carbocycles. The average Bonchev–Trinajstić information content (AvgIpc) is 3.35. The number of rotatable bonds is 7. The summed E-state index contributed by atoms with van der Waals surface area (Å²) in [6.45, 7) is 6.29. The fourth-order valence-electron chi connectivity index (χ4n) is 4.07. The molecule has 0 atom stereocenters. The highest BCUT2D eigenvalue weighted by molar-refractivity contribution is 6.05. The summed E-state index contributed by atoms with van der Waals surface area (Å²) >= 11 is 0. The third kappa shape index (κ3) is 4.83. The third-order valence-corrected chi connectivity index (χ3v) is 5.86. The first-order chi connectivity index (χ1) is 16.2. The number of nitrogens with zero attached hydrogens (tertiary/aromatic N) is 4. The minimum absolute atomic E-state index is 0.166. The Hall–Kier alpha value is -4.01. The molecular formula is C25H27FN6O2. The van der Waals surface area contributed by atoms with Gasteiger partial charge in [-0.3, -0.25) is 14.7 Å². The van der Waals surface area contributed by atoms with E-state index >= 15 is 0 Å². The number of aromatic nitrogens is 4. The number of H-pyrrole nitrogens is 1. The van der Waals surface area contributed by atoms with E-state index in [1.807, 2.05) is 18.4 Å². The lowest BCUT2D eigenvalue weighted by atomic mass is 10.1. The van der Waals surface area contributed by atoms with Crippen molar-refractivity contribution in [3.05, 3.63) is 76.6 Å². The van der Waals surface area contributed by atoms with Gasteiger partial charge in [0.15, 0.2) is 0 Å². The summed E-state index contributed by atoms with van der Waals surface area (Å²) in [6, 6.07) is 9.63. The van der Waals surface area contributed by atoms with E-state index < -0.39 is 0 Å². The second-order valence-electron chi connectivity index (χ2n) is 8.46. The van der Waals surface area contributed by atoms with Gasteiger partial charge in [-0.25, -0.2) is 9.37 Å². The van der Waals surface area contributed by atoms with Crippen LogP contribution in [0.2, 0.25) is 0 Å². The van der Waals surface area contributed by atoms with Crippen LogP contribution in [-0.2, 0) is 17.8 Å². The van der Waals surface area contributed by atoms with E-state index in [1.54, 1.807) is 42.5 Å². The molecule has 0 radical (unpaired) electrons. The van der Waals surface area contributed by atoms with Crippen molar-refractivity contribution in [3.8, 4) is 0 Å². The van der Waals surface area contributed by atoms with Gasteiger partial charge in [-0.1, -0.05) is 12.1 Å². The summed E-state index contributed by atoms with van der Waals surface area (Å²) in [6.07, 6.45) is 2.34. The van der Waals surface area contributed by atoms with Crippen LogP contribution in [0.5, 0.6) is 0 Å². The minimum Gasteiger partial charge on any atom is -0.341 e. The van der Waals surface area contributed by atoms with E-state index in [-0.39, 0.29) is 17.6 Å². The first-order valence-corrected chi connectivity index (χ1v) is 11.0. The smallest absolute Gasteiger partial charge is 0.253 e. The minimum atomic E-state index is -0.302. The maximum absolute atomic E-state index is 13.3. The number of nitrogens with one attached hydrogen (secondary N) is 2. The van der Waals surface area contributed by atoms with Crippen LogP contribution in [0.1, 0.15) is 39.8 Å². The van der Waals surface area contributed by atoms with Crippen LogP contribution >= 0.6 is 0 Å². The Morgan fingerprint density at radius 3 is 2.56 bits per heavy atom. The van der Waals surface area contributed by atoms with E-state index in [0.717, 1.165) is 22.5 Å². The van der Waals surface area contributed by atoms with Crippen LogP contribution in [0, 0.1) is 19.7 Å². The molecule has 2 aromatic heterocycles. The molecule has 0 aliphatic rings. The maximum Gasteiger partial charge on any atom is 0.253 e. The number of imidazole rings is 1. The highest BCUT2D eigenvalue weighted by Gasteiger charge is 2.19. The van der Waals surface area contributed by atoms with E-state index in [4.69, 9.17) is 0 Å². The van der Waals surface area contributed by atoms with Crippen LogP contribution in [0.4, 0.5) is 10.1 Å². The first kappa shape index (κ1) is 23.2. The average molecular weight is 463 g/mol. The van der Waals surface area contributed by atoms with E-state index in [0.29, 0.717) is 41.8 Å². The van der Waals surface area contributed by atoms with E-state index in [1.165, 1.54) is 19.1 Å². The number of anilines is 1. The molecule has 0 saturated heterocycles. The van der Waals surface area contributed by atoms with Crippen LogP contribution in [0.3, 0.4) is 0 Å². The summed E-state index contributed by atoms with van der Waals surface area (Å²) in [5, 5.41) is 10.0. The molecule has 34 heavy (non-hydrogen) atoms. The molecule has 0 aliphatic carbocycles. The normalized spacial score (nSPS) is 11.1. The van der Waals surface area contributed by atoms with Crippen molar-refractivity contribution in [2.75, 3.05) is 18.9 Å². The molecule has 2 aromatic carbocycles. The first-order valence-electron chi connectivity index (χ1n) is 11.0. The van der Waals surface area contributed by atoms with Gasteiger partial charge >= 0.3 is 0 Å².